The fraction of sp³-hybridized carbons (Fsp3) is 0.474. The van der Waals surface area contributed by atoms with E-state index in [4.69, 9.17) is 4.18 Å². The van der Waals surface area contributed by atoms with Crippen LogP contribution in [0.15, 0.2) is 48.6 Å². The lowest BCUT2D eigenvalue weighted by Gasteiger charge is -2.38. The maximum absolute atomic E-state index is 12.7. The highest BCUT2D eigenvalue weighted by atomic mass is 127. The monoisotopic (exact) mass is 539 g/mol. The second kappa shape index (κ2) is 9.27. The Morgan fingerprint density at radius 3 is 2.43 bits per heavy atom. The molecule has 2 rings (SSSR count). The fourth-order valence-electron chi connectivity index (χ4n) is 3.57. The quantitative estimate of drug-likeness (QED) is 0.286. The molecule has 3 atom stereocenters. The minimum Gasteiger partial charge on any atom is -0.267 e. The zero-order valence-electron chi connectivity index (χ0n) is 16.2. The molecule has 0 heterocycles. The summed E-state index contributed by atoms with van der Waals surface area (Å²) in [5.41, 5.74) is 1.55. The Labute approximate surface area is 182 Å². The summed E-state index contributed by atoms with van der Waals surface area (Å²) in [5.74, 6) is -0.114. The smallest absolute Gasteiger partial charge is 0.264 e. The van der Waals surface area contributed by atoms with Crippen molar-refractivity contribution in [1.29, 1.82) is 0 Å². The molecule has 1 aromatic carbocycles. The van der Waals surface area contributed by atoms with Crippen LogP contribution in [0.25, 0.3) is 0 Å². The van der Waals surface area contributed by atoms with E-state index in [0.29, 0.717) is 24.9 Å². The van der Waals surface area contributed by atoms with Crippen LogP contribution >= 0.6 is 22.6 Å². The van der Waals surface area contributed by atoms with Crippen LogP contribution in [0.5, 0.6) is 0 Å². The minimum atomic E-state index is -3.56. The molecule has 0 fully saturated rings. The molecular weight excluding hydrogens is 513 g/mol. The van der Waals surface area contributed by atoms with Gasteiger partial charge in [0.15, 0.2) is 0 Å². The van der Waals surface area contributed by atoms with Gasteiger partial charge in [0.25, 0.3) is 10.1 Å². The van der Waals surface area contributed by atoms with Crippen LogP contribution in [0.2, 0.25) is 0 Å². The molecule has 0 saturated carbocycles. The largest absolute Gasteiger partial charge is 0.267 e. The van der Waals surface area contributed by atoms with Gasteiger partial charge in [-0.05, 0) is 66.5 Å². The lowest BCUT2D eigenvalue weighted by Crippen LogP contribution is -2.44. The van der Waals surface area contributed by atoms with Gasteiger partial charge in [-0.1, -0.05) is 24.3 Å². The first-order chi connectivity index (χ1) is 12.9. The van der Waals surface area contributed by atoms with Crippen molar-refractivity contribution >= 4 is 48.4 Å². The Morgan fingerprint density at radius 2 is 1.89 bits per heavy atom. The number of anilines is 1. The van der Waals surface area contributed by atoms with Crippen molar-refractivity contribution in [3.63, 3.8) is 0 Å². The first-order valence-corrected chi connectivity index (χ1v) is 13.6. The van der Waals surface area contributed by atoms with E-state index in [9.17, 15) is 16.8 Å². The van der Waals surface area contributed by atoms with Crippen molar-refractivity contribution in [3.05, 3.63) is 52.1 Å². The Balaban J connectivity index is 2.46. The predicted molar refractivity (Wildman–Crippen MR) is 121 cm³/mol. The summed E-state index contributed by atoms with van der Waals surface area (Å²) in [4.78, 5) is 0. The molecule has 0 N–H and O–H groups in total. The zero-order valence-corrected chi connectivity index (χ0v) is 20.0. The second-order valence-electron chi connectivity index (χ2n) is 7.01. The van der Waals surface area contributed by atoms with Crippen LogP contribution in [0, 0.1) is 9.49 Å². The van der Waals surface area contributed by atoms with Gasteiger partial charge < -0.3 is 0 Å². The number of hydrogen-bond donors (Lipinski definition) is 0. The third-order valence-electron chi connectivity index (χ3n) is 4.67. The highest BCUT2D eigenvalue weighted by Gasteiger charge is 2.35. The number of sulfonamides is 1. The SMILES string of the molecule is C=CCC1=CC(C(C)OS(C)(=O)=O)CCC1N(c1ccccc1I)S(C)(=O)=O. The van der Waals surface area contributed by atoms with Crippen LogP contribution in [-0.2, 0) is 24.3 Å². The number of allylic oxidation sites excluding steroid dienone is 1. The molecule has 0 radical (unpaired) electrons. The Kier molecular flexibility index (Phi) is 7.74. The third kappa shape index (κ3) is 6.04. The highest BCUT2D eigenvalue weighted by molar-refractivity contribution is 14.1. The topological polar surface area (TPSA) is 80.8 Å². The molecule has 6 nitrogen and oxygen atoms in total. The zero-order chi connectivity index (χ0) is 21.1. The molecule has 9 heteroatoms. The summed E-state index contributed by atoms with van der Waals surface area (Å²) in [6.45, 7) is 5.52. The number of hydrogen-bond acceptors (Lipinski definition) is 5. The van der Waals surface area contributed by atoms with Crippen molar-refractivity contribution in [3.8, 4) is 0 Å². The molecule has 3 unspecified atom stereocenters. The van der Waals surface area contributed by atoms with Crippen LogP contribution in [0.4, 0.5) is 5.69 Å². The first kappa shape index (κ1) is 23.4. The summed E-state index contributed by atoms with van der Waals surface area (Å²) < 4.78 is 55.8. The minimum absolute atomic E-state index is 0.114. The number of nitrogens with zero attached hydrogens (tertiary/aromatic N) is 1. The van der Waals surface area contributed by atoms with Gasteiger partial charge >= 0.3 is 0 Å². The molecule has 0 aliphatic heterocycles. The van der Waals surface area contributed by atoms with Crippen LogP contribution in [0.1, 0.15) is 26.2 Å². The molecule has 0 spiro atoms. The Morgan fingerprint density at radius 1 is 1.25 bits per heavy atom. The Bertz CT molecular complexity index is 956. The van der Waals surface area contributed by atoms with Gasteiger partial charge in [-0.15, -0.1) is 6.58 Å². The molecule has 0 saturated heterocycles. The maximum atomic E-state index is 12.7. The van der Waals surface area contributed by atoms with E-state index < -0.39 is 26.2 Å². The second-order valence-corrected chi connectivity index (χ2v) is 11.6. The molecule has 156 valence electrons. The molecule has 0 amide bonds. The summed E-state index contributed by atoms with van der Waals surface area (Å²) in [6, 6.07) is 7.02. The molecule has 0 aromatic heterocycles. The number of para-hydroxylation sites is 1. The van der Waals surface area contributed by atoms with E-state index in [1.165, 1.54) is 10.6 Å². The van der Waals surface area contributed by atoms with Gasteiger partial charge in [0.05, 0.1) is 30.3 Å². The van der Waals surface area contributed by atoms with E-state index >= 15 is 0 Å². The van der Waals surface area contributed by atoms with Crippen LogP contribution in [-0.4, -0.2) is 41.5 Å². The molecule has 1 aliphatic carbocycles. The lowest BCUT2D eigenvalue weighted by atomic mass is 9.83. The predicted octanol–water partition coefficient (Wildman–Crippen LogP) is 3.70. The molecule has 1 aliphatic rings. The normalized spacial score (nSPS) is 21.6. The maximum Gasteiger partial charge on any atom is 0.264 e. The summed E-state index contributed by atoms with van der Waals surface area (Å²) in [7, 11) is -7.09. The van der Waals surface area contributed by atoms with Crippen LogP contribution < -0.4 is 4.31 Å². The van der Waals surface area contributed by atoms with E-state index in [1.54, 1.807) is 19.1 Å². The fourth-order valence-corrected chi connectivity index (χ4v) is 6.29. The van der Waals surface area contributed by atoms with Gasteiger partial charge in [0, 0.05) is 9.49 Å². The average molecular weight is 539 g/mol. The summed E-state index contributed by atoms with van der Waals surface area (Å²) in [5, 5.41) is 0. The van der Waals surface area contributed by atoms with Gasteiger partial charge in [-0.2, -0.15) is 8.42 Å². The van der Waals surface area contributed by atoms with E-state index in [2.05, 4.69) is 29.2 Å². The molecule has 0 bridgehead atoms. The van der Waals surface area contributed by atoms with Crippen molar-refractivity contribution in [2.24, 2.45) is 5.92 Å². The highest BCUT2D eigenvalue weighted by Crippen LogP contribution is 2.37. The molecule has 1 aromatic rings. The van der Waals surface area contributed by atoms with Crippen molar-refractivity contribution in [2.75, 3.05) is 16.8 Å². The standard InChI is InChI=1S/C19H26INO5S2/c1-5-8-16-13-15(14(2)26-28(4,24)25)11-12-18(16)21(27(3,22)23)19-10-7-6-9-17(19)20/h5-7,9-10,13-15,18H,1,8,11-12H2,2-4H3. The number of rotatable bonds is 8. The van der Waals surface area contributed by atoms with Crippen molar-refractivity contribution in [2.45, 2.75) is 38.3 Å². The van der Waals surface area contributed by atoms with Gasteiger partial charge in [0.2, 0.25) is 10.0 Å². The van der Waals surface area contributed by atoms with Gasteiger partial charge in [-0.3, -0.25) is 8.49 Å². The van der Waals surface area contributed by atoms with Gasteiger partial charge in [-0.25, -0.2) is 8.42 Å². The number of halogens is 1. The van der Waals surface area contributed by atoms with E-state index in [-0.39, 0.29) is 12.0 Å². The van der Waals surface area contributed by atoms with E-state index in [1.807, 2.05) is 24.3 Å². The van der Waals surface area contributed by atoms with Crippen LogP contribution in [0.3, 0.4) is 0 Å². The molecule has 28 heavy (non-hydrogen) atoms. The average Bonchev–Trinajstić information content (AvgIpc) is 2.55. The Hall–Kier alpha value is -0.910. The van der Waals surface area contributed by atoms with Crippen molar-refractivity contribution in [1.82, 2.24) is 0 Å². The molecular formula is C19H26INO5S2. The van der Waals surface area contributed by atoms with Crippen molar-refractivity contribution < 1.29 is 21.0 Å². The van der Waals surface area contributed by atoms with Gasteiger partial charge in [0.1, 0.15) is 0 Å². The van der Waals surface area contributed by atoms with E-state index in [0.717, 1.165) is 15.4 Å². The number of benzene rings is 1. The summed E-state index contributed by atoms with van der Waals surface area (Å²) in [6.07, 6.45) is 7.13. The third-order valence-corrected chi connectivity index (χ3v) is 7.40. The first-order valence-electron chi connectivity index (χ1n) is 8.87. The lowest BCUT2D eigenvalue weighted by molar-refractivity contribution is 0.172. The summed E-state index contributed by atoms with van der Waals surface area (Å²) >= 11 is 2.14.